The van der Waals surface area contributed by atoms with Crippen molar-refractivity contribution in [3.05, 3.63) is 34.9 Å². The Kier molecular flexibility index (Phi) is 7.02. The molecule has 1 aromatic carbocycles. The maximum Gasteiger partial charge on any atom is 0.326 e. The zero-order chi connectivity index (χ0) is 19.1. The van der Waals surface area contributed by atoms with Crippen LogP contribution in [0.4, 0.5) is 4.79 Å². The van der Waals surface area contributed by atoms with Crippen molar-refractivity contribution in [3.8, 4) is 0 Å². The van der Waals surface area contributed by atoms with Crippen LogP contribution in [0.1, 0.15) is 19.3 Å². The van der Waals surface area contributed by atoms with Crippen molar-refractivity contribution in [2.45, 2.75) is 31.8 Å². The summed E-state index contributed by atoms with van der Waals surface area (Å²) in [6.45, 7) is 0.709. The number of nitrogens with one attached hydrogen (secondary N) is 2. The first-order chi connectivity index (χ1) is 12.4. The quantitative estimate of drug-likeness (QED) is 0.457. The number of primary amides is 1. The fourth-order valence-electron chi connectivity index (χ4n) is 2.64. The summed E-state index contributed by atoms with van der Waals surface area (Å²) in [5.41, 5.74) is 5.94. The predicted octanol–water partition coefficient (Wildman–Crippen LogP) is 1.81. The molecule has 1 heterocycles. The van der Waals surface area contributed by atoms with E-state index in [1.807, 2.05) is 35.0 Å². The van der Waals surface area contributed by atoms with Crippen LogP contribution in [0.15, 0.2) is 34.9 Å². The Labute approximate surface area is 158 Å². The van der Waals surface area contributed by atoms with Gasteiger partial charge in [0.25, 0.3) is 0 Å². The maximum atomic E-state index is 12.1. The lowest BCUT2D eigenvalue weighted by Crippen LogP contribution is -2.41. The van der Waals surface area contributed by atoms with Gasteiger partial charge in [0.1, 0.15) is 6.04 Å². The van der Waals surface area contributed by atoms with Crippen molar-refractivity contribution in [2.24, 2.45) is 5.73 Å². The molecule has 8 nitrogen and oxygen atoms in total. The van der Waals surface area contributed by atoms with Gasteiger partial charge in [-0.15, -0.1) is 0 Å². The normalized spacial score (nSPS) is 11.9. The molecule has 2 rings (SSSR count). The summed E-state index contributed by atoms with van der Waals surface area (Å²) in [7, 11) is 0. The van der Waals surface area contributed by atoms with E-state index in [-0.39, 0.29) is 25.3 Å². The van der Waals surface area contributed by atoms with Gasteiger partial charge in [0.05, 0.1) is 0 Å². The molecule has 0 saturated heterocycles. The van der Waals surface area contributed by atoms with E-state index in [1.54, 1.807) is 0 Å². The summed E-state index contributed by atoms with van der Waals surface area (Å²) in [5, 5.41) is 15.2. The highest BCUT2D eigenvalue weighted by atomic mass is 79.9. The molecular formula is C17H21BrN4O4. The zero-order valence-electron chi connectivity index (χ0n) is 14.1. The van der Waals surface area contributed by atoms with Gasteiger partial charge in [-0.1, -0.05) is 22.0 Å². The molecule has 0 unspecified atom stereocenters. The lowest BCUT2D eigenvalue weighted by atomic mass is 10.1. The van der Waals surface area contributed by atoms with Crippen LogP contribution in [0.2, 0.25) is 0 Å². The maximum absolute atomic E-state index is 12.1. The van der Waals surface area contributed by atoms with Gasteiger partial charge >= 0.3 is 12.0 Å². The lowest BCUT2D eigenvalue weighted by molar-refractivity contribution is -0.142. The molecule has 0 aliphatic rings. The minimum Gasteiger partial charge on any atom is -0.480 e. The molecule has 1 aromatic heterocycles. The number of aliphatic carboxylic acids is 1. The fraction of sp³-hybridized carbons (Fsp3) is 0.353. The van der Waals surface area contributed by atoms with Crippen molar-refractivity contribution in [3.63, 3.8) is 0 Å². The molecule has 0 aliphatic heterocycles. The summed E-state index contributed by atoms with van der Waals surface area (Å²) in [4.78, 5) is 34.0. The predicted molar refractivity (Wildman–Crippen MR) is 101 cm³/mol. The van der Waals surface area contributed by atoms with E-state index >= 15 is 0 Å². The molecule has 0 fully saturated rings. The van der Waals surface area contributed by atoms with E-state index in [4.69, 9.17) is 5.73 Å². The van der Waals surface area contributed by atoms with E-state index in [1.165, 1.54) is 0 Å². The zero-order valence-corrected chi connectivity index (χ0v) is 15.7. The highest BCUT2D eigenvalue weighted by molar-refractivity contribution is 9.10. The Bertz CT molecular complexity index is 805. The van der Waals surface area contributed by atoms with Gasteiger partial charge in [0.15, 0.2) is 0 Å². The number of nitrogens with zero attached hydrogens (tertiary/aromatic N) is 1. The highest BCUT2D eigenvalue weighted by Gasteiger charge is 2.19. The molecule has 0 saturated carbocycles. The number of aromatic nitrogens is 1. The average Bonchev–Trinajstić information content (AvgIpc) is 3.00. The summed E-state index contributed by atoms with van der Waals surface area (Å²) in [6.07, 6.45) is 2.67. The number of fused-ring (bicyclic) bond motifs is 1. The molecule has 0 spiro atoms. The Morgan fingerprint density at radius 3 is 2.73 bits per heavy atom. The molecule has 26 heavy (non-hydrogen) atoms. The van der Waals surface area contributed by atoms with E-state index in [9.17, 15) is 19.5 Å². The third-order valence-electron chi connectivity index (χ3n) is 3.94. The number of carbonyl (C=O) groups is 3. The van der Waals surface area contributed by atoms with Gasteiger partial charge in [-0.3, -0.25) is 4.79 Å². The minimum atomic E-state index is -1.10. The van der Waals surface area contributed by atoms with Crippen molar-refractivity contribution in [1.82, 2.24) is 15.2 Å². The van der Waals surface area contributed by atoms with E-state index in [0.717, 1.165) is 15.4 Å². The standard InChI is InChI=1S/C17H21BrN4O4/c18-12-3-1-5-14-11(12)6-9-22(14)10-7-15(23)21-13(16(24)25)4-2-8-20-17(19)26/h1,3,5-6,9,13H,2,4,7-8,10H2,(H,21,23)(H,24,25)(H3,19,20,26)/t13-/m1/s1. The topological polar surface area (TPSA) is 126 Å². The monoisotopic (exact) mass is 424 g/mol. The summed E-state index contributed by atoms with van der Waals surface area (Å²) < 4.78 is 2.93. The molecule has 0 bridgehead atoms. The number of rotatable bonds is 9. The average molecular weight is 425 g/mol. The van der Waals surface area contributed by atoms with Gasteiger partial charge in [0.2, 0.25) is 5.91 Å². The van der Waals surface area contributed by atoms with Crippen LogP contribution in [0.5, 0.6) is 0 Å². The molecule has 0 aliphatic carbocycles. The molecule has 5 N–H and O–H groups in total. The second-order valence-corrected chi connectivity index (χ2v) is 6.68. The molecule has 3 amide bonds. The van der Waals surface area contributed by atoms with Crippen molar-refractivity contribution in [1.29, 1.82) is 0 Å². The second-order valence-electron chi connectivity index (χ2n) is 5.82. The van der Waals surface area contributed by atoms with Crippen LogP contribution >= 0.6 is 15.9 Å². The van der Waals surface area contributed by atoms with Crippen LogP contribution in [-0.2, 0) is 16.1 Å². The number of benzene rings is 1. The summed E-state index contributed by atoms with van der Waals surface area (Å²) >= 11 is 3.49. The number of aryl methyl sites for hydroxylation is 1. The van der Waals surface area contributed by atoms with Crippen LogP contribution in [-0.4, -0.2) is 40.2 Å². The Morgan fingerprint density at radius 1 is 1.27 bits per heavy atom. The number of amides is 3. The Balaban J connectivity index is 1.86. The number of carboxylic acids is 1. The number of urea groups is 1. The van der Waals surface area contributed by atoms with Crippen molar-refractivity contribution >= 4 is 44.7 Å². The van der Waals surface area contributed by atoms with Gasteiger partial charge in [-0.05, 0) is 31.0 Å². The summed E-state index contributed by atoms with van der Waals surface area (Å²) in [6, 6.07) is 6.14. The summed E-state index contributed by atoms with van der Waals surface area (Å²) in [5.74, 6) is -1.44. The second kappa shape index (κ2) is 9.23. The number of hydrogen-bond donors (Lipinski definition) is 4. The fourth-order valence-corrected chi connectivity index (χ4v) is 3.13. The largest absolute Gasteiger partial charge is 0.480 e. The molecule has 0 radical (unpaired) electrons. The van der Waals surface area contributed by atoms with Gasteiger partial charge < -0.3 is 26.0 Å². The third kappa shape index (κ3) is 5.48. The Hall–Kier alpha value is -2.55. The number of hydrogen-bond acceptors (Lipinski definition) is 3. The van der Waals surface area contributed by atoms with E-state index in [0.29, 0.717) is 13.0 Å². The van der Waals surface area contributed by atoms with E-state index < -0.39 is 18.0 Å². The number of carboxylic acid groups (broad SMARTS) is 1. The number of carbonyl (C=O) groups excluding carboxylic acids is 2. The lowest BCUT2D eigenvalue weighted by Gasteiger charge is -2.15. The SMILES string of the molecule is NC(=O)NCCC[C@@H](NC(=O)CCn1ccc2c(Br)cccc21)C(=O)O. The highest BCUT2D eigenvalue weighted by Crippen LogP contribution is 2.24. The van der Waals surface area contributed by atoms with Gasteiger partial charge in [0, 0.05) is 41.1 Å². The smallest absolute Gasteiger partial charge is 0.326 e. The first-order valence-corrected chi connectivity index (χ1v) is 8.96. The first-order valence-electron chi connectivity index (χ1n) is 8.17. The van der Waals surface area contributed by atoms with Crippen molar-refractivity contribution in [2.75, 3.05) is 6.54 Å². The minimum absolute atomic E-state index is 0.166. The van der Waals surface area contributed by atoms with Crippen LogP contribution < -0.4 is 16.4 Å². The molecule has 140 valence electrons. The molecular weight excluding hydrogens is 404 g/mol. The van der Waals surface area contributed by atoms with Gasteiger partial charge in [-0.2, -0.15) is 0 Å². The Morgan fingerprint density at radius 2 is 2.04 bits per heavy atom. The van der Waals surface area contributed by atoms with Crippen molar-refractivity contribution < 1.29 is 19.5 Å². The molecule has 2 aromatic rings. The number of nitrogens with two attached hydrogens (primary N) is 1. The molecule has 9 heteroatoms. The molecule has 1 atom stereocenters. The van der Waals surface area contributed by atoms with Crippen LogP contribution in [0.3, 0.4) is 0 Å². The van der Waals surface area contributed by atoms with Crippen LogP contribution in [0, 0.1) is 0 Å². The third-order valence-corrected chi connectivity index (χ3v) is 4.63. The number of halogens is 1. The van der Waals surface area contributed by atoms with Gasteiger partial charge in [-0.25, -0.2) is 9.59 Å². The van der Waals surface area contributed by atoms with E-state index in [2.05, 4.69) is 26.6 Å². The van der Waals surface area contributed by atoms with Crippen LogP contribution in [0.25, 0.3) is 10.9 Å². The first kappa shape index (κ1) is 19.8.